The van der Waals surface area contributed by atoms with Gasteiger partial charge in [0.15, 0.2) is 6.10 Å². The fourth-order valence-electron chi connectivity index (χ4n) is 5.51. The molecule has 1 aliphatic carbocycles. The normalized spacial score (nSPS) is 26.0. The van der Waals surface area contributed by atoms with Crippen molar-refractivity contribution in [3.63, 3.8) is 0 Å². The van der Waals surface area contributed by atoms with Crippen molar-refractivity contribution in [1.82, 2.24) is 0 Å². The van der Waals surface area contributed by atoms with Gasteiger partial charge in [0.1, 0.15) is 41.0 Å². The standard InChI is InChI=1S/C25H26O6/c1-25(2)16-8-14(16)21-17(31-25)6-5-13-23(28-4)22-15-9-18(27-3)12(10-26)7-19(15)29-11-20(22)30-24(13)21/h5-7,9,14,16,20,26H,8,10-11H2,1-4H3/t14?,16?,20-/m1/s1. The molecule has 0 bridgehead atoms. The molecule has 2 unspecified atom stereocenters. The first kappa shape index (κ1) is 18.9. The van der Waals surface area contributed by atoms with Gasteiger partial charge >= 0.3 is 0 Å². The van der Waals surface area contributed by atoms with E-state index in [2.05, 4.69) is 13.8 Å². The number of fused-ring (bicyclic) bond motifs is 8. The lowest BCUT2D eigenvalue weighted by atomic mass is 9.87. The third kappa shape index (κ3) is 2.54. The summed E-state index contributed by atoms with van der Waals surface area (Å²) in [6.07, 6.45) is 0.822. The monoisotopic (exact) mass is 422 g/mol. The molecule has 4 aliphatic rings. The van der Waals surface area contributed by atoms with Crippen molar-refractivity contribution < 1.29 is 28.8 Å². The molecule has 6 heteroatoms. The van der Waals surface area contributed by atoms with Crippen LogP contribution >= 0.6 is 0 Å². The van der Waals surface area contributed by atoms with Crippen LogP contribution in [0.15, 0.2) is 24.3 Å². The minimum absolute atomic E-state index is 0.121. The lowest BCUT2D eigenvalue weighted by molar-refractivity contribution is 0.0691. The molecule has 0 aromatic heterocycles. The van der Waals surface area contributed by atoms with Gasteiger partial charge in [-0.25, -0.2) is 0 Å². The Kier molecular flexibility index (Phi) is 3.85. The minimum atomic E-state index is -0.293. The van der Waals surface area contributed by atoms with Gasteiger partial charge in [0.05, 0.1) is 26.4 Å². The van der Waals surface area contributed by atoms with Crippen LogP contribution in [-0.2, 0) is 11.3 Å². The summed E-state index contributed by atoms with van der Waals surface area (Å²) in [7, 11) is 3.29. The van der Waals surface area contributed by atoms with Crippen molar-refractivity contribution in [2.75, 3.05) is 20.8 Å². The SMILES string of the molecule is COC1=C2c3cc(OC)c(CO)cc3OC[C@H]2Oc2c1ccc1c2C2CC2C(C)(C)O1. The van der Waals surface area contributed by atoms with Crippen LogP contribution in [0.2, 0.25) is 0 Å². The maximum absolute atomic E-state index is 9.68. The Morgan fingerprint density at radius 1 is 1.10 bits per heavy atom. The Hall–Kier alpha value is -2.86. The van der Waals surface area contributed by atoms with Gasteiger partial charge in [-0.2, -0.15) is 0 Å². The Morgan fingerprint density at radius 2 is 1.94 bits per heavy atom. The average Bonchev–Trinajstić information content (AvgIpc) is 3.57. The summed E-state index contributed by atoms with van der Waals surface area (Å²) in [6, 6.07) is 7.81. The number of hydrogen-bond acceptors (Lipinski definition) is 6. The van der Waals surface area contributed by atoms with E-state index in [0.29, 0.717) is 35.5 Å². The number of rotatable bonds is 3. The van der Waals surface area contributed by atoms with E-state index in [9.17, 15) is 5.11 Å². The molecule has 162 valence electrons. The smallest absolute Gasteiger partial charge is 0.162 e. The second kappa shape index (κ2) is 6.33. The van der Waals surface area contributed by atoms with Crippen LogP contribution in [0.3, 0.4) is 0 Å². The maximum atomic E-state index is 9.68. The van der Waals surface area contributed by atoms with Gasteiger partial charge in [-0.15, -0.1) is 0 Å². The van der Waals surface area contributed by atoms with Crippen molar-refractivity contribution in [2.45, 2.75) is 44.5 Å². The molecule has 2 aromatic carbocycles. The van der Waals surface area contributed by atoms with E-state index in [-0.39, 0.29) is 18.3 Å². The maximum Gasteiger partial charge on any atom is 0.162 e. The molecule has 3 atom stereocenters. The van der Waals surface area contributed by atoms with E-state index in [1.54, 1.807) is 14.2 Å². The van der Waals surface area contributed by atoms with E-state index < -0.39 is 0 Å². The topological polar surface area (TPSA) is 66.4 Å². The summed E-state index contributed by atoms with van der Waals surface area (Å²) >= 11 is 0. The Bertz CT molecular complexity index is 1130. The van der Waals surface area contributed by atoms with Crippen LogP contribution in [-0.4, -0.2) is 37.6 Å². The van der Waals surface area contributed by atoms with Crippen LogP contribution in [0.25, 0.3) is 11.3 Å². The molecule has 1 fully saturated rings. The highest BCUT2D eigenvalue weighted by atomic mass is 16.5. The van der Waals surface area contributed by atoms with Crippen molar-refractivity contribution in [2.24, 2.45) is 5.92 Å². The van der Waals surface area contributed by atoms with Crippen LogP contribution in [0.5, 0.6) is 23.0 Å². The second-order valence-electron chi connectivity index (χ2n) is 9.19. The van der Waals surface area contributed by atoms with E-state index in [0.717, 1.165) is 45.9 Å². The van der Waals surface area contributed by atoms with Gasteiger partial charge in [-0.3, -0.25) is 0 Å². The van der Waals surface area contributed by atoms with Gasteiger partial charge in [-0.05, 0) is 50.5 Å². The van der Waals surface area contributed by atoms with Crippen LogP contribution in [0.4, 0.5) is 0 Å². The first-order valence-corrected chi connectivity index (χ1v) is 10.7. The van der Waals surface area contributed by atoms with Crippen molar-refractivity contribution in [1.29, 1.82) is 0 Å². The van der Waals surface area contributed by atoms with Gasteiger partial charge in [0.2, 0.25) is 0 Å². The molecule has 3 aliphatic heterocycles. The van der Waals surface area contributed by atoms with Gasteiger partial charge in [0.25, 0.3) is 0 Å². The highest BCUT2D eigenvalue weighted by molar-refractivity contribution is 5.96. The van der Waals surface area contributed by atoms with Crippen LogP contribution < -0.4 is 18.9 Å². The molecule has 3 heterocycles. The molecular formula is C25H26O6. The lowest BCUT2D eigenvalue weighted by Gasteiger charge is -2.38. The molecular weight excluding hydrogens is 396 g/mol. The summed E-state index contributed by atoms with van der Waals surface area (Å²) in [5.74, 6) is 4.83. The van der Waals surface area contributed by atoms with Crippen molar-refractivity contribution in [3.05, 3.63) is 46.5 Å². The molecule has 0 radical (unpaired) electrons. The summed E-state index contributed by atoms with van der Waals surface area (Å²) in [5, 5.41) is 9.68. The van der Waals surface area contributed by atoms with Crippen LogP contribution in [0.1, 0.15) is 48.4 Å². The number of hydrogen-bond donors (Lipinski definition) is 1. The van der Waals surface area contributed by atoms with Gasteiger partial charge in [-0.1, -0.05) is 0 Å². The van der Waals surface area contributed by atoms with Crippen LogP contribution in [0, 0.1) is 5.92 Å². The van der Waals surface area contributed by atoms with E-state index in [1.165, 1.54) is 0 Å². The van der Waals surface area contributed by atoms with E-state index in [1.807, 2.05) is 24.3 Å². The highest BCUT2D eigenvalue weighted by Gasteiger charge is 2.56. The fraction of sp³-hybridized carbons (Fsp3) is 0.440. The van der Waals surface area contributed by atoms with E-state index in [4.69, 9.17) is 23.7 Å². The largest absolute Gasteiger partial charge is 0.496 e. The molecule has 0 amide bonds. The van der Waals surface area contributed by atoms with Crippen molar-refractivity contribution >= 4 is 11.3 Å². The van der Waals surface area contributed by atoms with E-state index >= 15 is 0 Å². The molecule has 0 saturated heterocycles. The number of methoxy groups -OCH3 is 2. The zero-order valence-corrected chi connectivity index (χ0v) is 18.2. The minimum Gasteiger partial charge on any atom is -0.496 e. The van der Waals surface area contributed by atoms with Gasteiger partial charge in [0, 0.05) is 28.2 Å². The molecule has 2 aromatic rings. The first-order valence-electron chi connectivity index (χ1n) is 10.7. The number of aliphatic hydroxyl groups is 1. The first-order chi connectivity index (χ1) is 15.0. The molecule has 1 N–H and O–H groups in total. The molecule has 31 heavy (non-hydrogen) atoms. The summed E-state index contributed by atoms with van der Waals surface area (Å²) < 4.78 is 30.4. The van der Waals surface area contributed by atoms with Crippen molar-refractivity contribution in [3.8, 4) is 23.0 Å². The Balaban J connectivity index is 1.55. The zero-order valence-electron chi connectivity index (χ0n) is 18.2. The number of aliphatic hydroxyl groups excluding tert-OH is 1. The lowest BCUT2D eigenvalue weighted by Crippen LogP contribution is -2.37. The second-order valence-corrected chi connectivity index (χ2v) is 9.19. The molecule has 0 spiro atoms. The molecule has 6 nitrogen and oxygen atoms in total. The number of benzene rings is 2. The predicted molar refractivity (Wildman–Crippen MR) is 115 cm³/mol. The third-order valence-corrected chi connectivity index (χ3v) is 7.09. The fourth-order valence-corrected chi connectivity index (χ4v) is 5.51. The number of ether oxygens (including phenoxy) is 5. The summed E-state index contributed by atoms with van der Waals surface area (Å²) in [5.41, 5.74) is 4.45. The summed E-state index contributed by atoms with van der Waals surface area (Å²) in [4.78, 5) is 0. The third-order valence-electron chi connectivity index (χ3n) is 7.09. The average molecular weight is 422 g/mol. The Morgan fingerprint density at radius 3 is 2.68 bits per heavy atom. The van der Waals surface area contributed by atoms with Gasteiger partial charge < -0.3 is 28.8 Å². The Labute approximate surface area is 181 Å². The molecule has 1 saturated carbocycles. The quantitative estimate of drug-likeness (QED) is 0.802. The summed E-state index contributed by atoms with van der Waals surface area (Å²) in [6.45, 7) is 4.58. The molecule has 6 rings (SSSR count). The predicted octanol–water partition coefficient (Wildman–Crippen LogP) is 4.13. The highest BCUT2D eigenvalue weighted by Crippen LogP contribution is 2.64. The zero-order chi connectivity index (χ0) is 21.5.